The topological polar surface area (TPSA) is 230 Å². The number of carboxylic acids is 2. The summed E-state index contributed by atoms with van der Waals surface area (Å²) < 4.78 is 78.6. The predicted molar refractivity (Wildman–Crippen MR) is 398 cm³/mol. The molecular weight excluding hydrogens is 1690 g/mol. The molecule has 0 saturated heterocycles. The Bertz CT molecular complexity index is 4260. The quantitative estimate of drug-likeness (QED) is 0.106. The molecule has 33 heteroatoms. The van der Waals surface area contributed by atoms with Crippen LogP contribution >= 0.6 is 123 Å². The first kappa shape index (κ1) is 91.4. The zero-order valence-corrected chi connectivity index (χ0v) is 76.1. The van der Waals surface area contributed by atoms with Crippen molar-refractivity contribution in [3.8, 4) is 22.8 Å². The average Bonchev–Trinajstić information content (AvgIpc) is 1.62. The second-order valence-electron chi connectivity index (χ2n) is 23.3. The van der Waals surface area contributed by atoms with Crippen molar-refractivity contribution in [2.45, 2.75) is 122 Å². The molecule has 16 nitrogen and oxygen atoms in total. The number of rotatable bonds is 8. The summed E-state index contributed by atoms with van der Waals surface area (Å²) in [4.78, 5) is 43.9. The summed E-state index contributed by atoms with van der Waals surface area (Å²) in [5.41, 5.74) is 8.51. The van der Waals surface area contributed by atoms with Crippen LogP contribution in [0.2, 0.25) is 20.1 Å². The molecule has 2 N–H and O–H groups in total. The van der Waals surface area contributed by atoms with Gasteiger partial charge in [-0.25, -0.2) is 42.8 Å². The van der Waals surface area contributed by atoms with E-state index in [1.54, 1.807) is 40.9 Å². The molecule has 507 valence electrons. The number of aliphatic carboxylic acids is 2. The van der Waals surface area contributed by atoms with Crippen molar-refractivity contribution in [2.75, 3.05) is 13.3 Å². The van der Waals surface area contributed by atoms with Crippen LogP contribution < -0.4 is 20.3 Å². The van der Waals surface area contributed by atoms with Gasteiger partial charge in [-0.3, -0.25) is 14.2 Å². The third-order valence-corrected chi connectivity index (χ3v) is 24.5. The van der Waals surface area contributed by atoms with Crippen LogP contribution in [0.3, 0.4) is 0 Å². The average molecular weight is 1750 g/mol. The van der Waals surface area contributed by atoms with Crippen LogP contribution in [0.5, 0.6) is 11.5 Å². The van der Waals surface area contributed by atoms with Crippen LogP contribution in [-0.4, -0.2) is 230 Å². The number of para-hydroxylation sites is 2. The van der Waals surface area contributed by atoms with Gasteiger partial charge in [-0.1, -0.05) is 132 Å². The summed E-state index contributed by atoms with van der Waals surface area (Å²) in [7, 11) is -2.11. The van der Waals surface area contributed by atoms with Crippen molar-refractivity contribution in [3.63, 3.8) is 0 Å². The fraction of sp³-hybridized carbons (Fsp3) is 0.328. The van der Waals surface area contributed by atoms with Gasteiger partial charge < -0.3 is 19.7 Å². The number of nitrogens with zero attached hydrogens (tertiary/aromatic N) is 6. The summed E-state index contributed by atoms with van der Waals surface area (Å²) in [6, 6.07) is 27.3. The first-order valence-corrected chi connectivity index (χ1v) is 38.0. The van der Waals surface area contributed by atoms with E-state index in [1.807, 2.05) is 65.5 Å². The summed E-state index contributed by atoms with van der Waals surface area (Å²) in [5, 5.41) is 20.4. The molecule has 13 rings (SSSR count). The summed E-state index contributed by atoms with van der Waals surface area (Å²) in [6.07, 6.45) is 7.84. The summed E-state index contributed by atoms with van der Waals surface area (Å²) in [6.45, 7) is 20.8. The number of aliphatic imine (C=N–C) groups is 1. The van der Waals surface area contributed by atoms with Crippen LogP contribution in [-0.2, 0) is 50.0 Å². The van der Waals surface area contributed by atoms with E-state index in [4.69, 9.17) is 107 Å². The van der Waals surface area contributed by atoms with E-state index in [-0.39, 0.29) is 199 Å². The van der Waals surface area contributed by atoms with Crippen molar-refractivity contribution < 1.29 is 72.0 Å². The zero-order chi connectivity index (χ0) is 68.4. The molecule has 2 saturated carbocycles. The second kappa shape index (κ2) is 42.0. The van der Waals surface area contributed by atoms with Crippen LogP contribution in [0.15, 0.2) is 113 Å². The normalized spacial score (nSPS) is 15.1. The standard InChI is InChI=1S/C21H14BrCl2FN2OS.C21H13Cl2FN2OS.C18H28N2P2.2C2H4O2.3K.HO2P.2O.Pd.H2S/c22-14-4-3-12(23)5-11(14)6-16-19-15(25)7-13(24)8-17(19)28-20(27-16)18-9-26-21(29-18)10-1-2-10;22-12-3-4-15-11(5-12)6-16-19-14(24)7-13(23)8-17(19)27-21(26(15)16)18-9-25-20(28-18)10-1-2-10;1-17(2,3)21(7)15-16(22(8)18(4,5)6)20-14-12-10-9-11-13(14)19-15;2*1-2(3)4;;;;1-3-2;;;;/h3-5,7-10,20H,1-2,6H2;3-10,21H,1-2H2;9-12H,1-8H3;2*1H3,(H,3,4);;;;3H;;;;1H2/t;;21-,22-;;;;;;;;;;/m..0........../s1. The van der Waals surface area contributed by atoms with Crippen molar-refractivity contribution in [3.05, 3.63) is 170 Å². The Balaban J connectivity index is 0.000000341. The second-order valence-corrected chi connectivity index (χ2v) is 34.3. The zero-order valence-electron chi connectivity index (χ0n) is 55.2. The van der Waals surface area contributed by atoms with Crippen LogP contribution in [0.25, 0.3) is 33.2 Å². The molecule has 2 aliphatic carbocycles. The van der Waals surface area contributed by atoms with Crippen molar-refractivity contribution in [1.82, 2.24) is 24.5 Å². The number of aromatic nitrogens is 5. The van der Waals surface area contributed by atoms with Gasteiger partial charge in [-0.15, -0.1) is 22.7 Å². The molecule has 97 heavy (non-hydrogen) atoms. The number of thiazole rings is 2. The Morgan fingerprint density at radius 3 is 1.59 bits per heavy atom. The van der Waals surface area contributed by atoms with Crippen molar-refractivity contribution >= 4 is 327 Å². The number of fused-ring (bicyclic) bond motifs is 7. The van der Waals surface area contributed by atoms with E-state index < -0.39 is 62.3 Å². The van der Waals surface area contributed by atoms with Gasteiger partial charge in [0, 0.05) is 229 Å². The molecule has 4 aliphatic rings. The molecule has 6 heterocycles. The van der Waals surface area contributed by atoms with Crippen LogP contribution in [0.4, 0.5) is 8.78 Å². The summed E-state index contributed by atoms with van der Waals surface area (Å²) >= 11 is 29.8. The Morgan fingerprint density at radius 2 is 1.11 bits per heavy atom. The number of benzene rings is 5. The van der Waals surface area contributed by atoms with E-state index in [2.05, 4.69) is 92.9 Å². The van der Waals surface area contributed by atoms with Gasteiger partial charge in [0.2, 0.25) is 12.5 Å². The maximum atomic E-state index is 14.9. The van der Waals surface area contributed by atoms with Crippen LogP contribution in [0, 0.1) is 11.6 Å². The summed E-state index contributed by atoms with van der Waals surface area (Å²) in [5.74, 6) is -0.559. The van der Waals surface area contributed by atoms with E-state index in [0.29, 0.717) is 61.7 Å². The van der Waals surface area contributed by atoms with Gasteiger partial charge >= 0.3 is 33.2 Å². The molecule has 0 spiro atoms. The Kier molecular flexibility index (Phi) is 39.5. The minimum absolute atomic E-state index is 0. The molecule has 9 aromatic rings. The fourth-order valence-electron chi connectivity index (χ4n) is 9.23. The van der Waals surface area contributed by atoms with Gasteiger partial charge in [-0.05, 0) is 134 Å². The van der Waals surface area contributed by atoms with E-state index >= 15 is 0 Å². The van der Waals surface area contributed by atoms with Crippen LogP contribution in [0.1, 0.15) is 136 Å². The third kappa shape index (κ3) is 26.0. The molecule has 4 atom stereocenters. The number of hydrogen-bond donors (Lipinski definition) is 2. The number of hydrogen-bond acceptors (Lipinski definition) is 15. The number of carboxylic acid groups (broad SMARTS) is 2. The molecule has 2 unspecified atom stereocenters. The predicted octanol–water partition coefficient (Wildman–Crippen LogP) is 18.3. The van der Waals surface area contributed by atoms with E-state index in [9.17, 15) is 8.78 Å². The first-order valence-electron chi connectivity index (χ1n) is 28.4. The fourth-order valence-corrected chi connectivity index (χ4v) is 15.9. The molecule has 3 radical (unpaired) electrons. The molecular formula is C64H66BrCl4F2K3N6O10P3PdS3. The van der Waals surface area contributed by atoms with Gasteiger partial charge in [0.25, 0.3) is 11.9 Å². The Hall–Kier alpha value is 0.231. The molecule has 5 aromatic carbocycles. The number of carbonyl (C=O) groups is 2. The molecule has 0 bridgehead atoms. The van der Waals surface area contributed by atoms with Gasteiger partial charge in [0.15, 0.2) is 0 Å². The monoisotopic (exact) mass is 1750 g/mol. The van der Waals surface area contributed by atoms with Crippen molar-refractivity contribution in [1.29, 1.82) is 0 Å². The minimum atomic E-state index is -1.55. The number of halogens is 7. The Labute approximate surface area is 744 Å². The molecule has 2 fully saturated rings. The molecule has 0 amide bonds. The maximum absolute atomic E-state index is 14.9. The molecule has 4 aromatic heterocycles. The number of ether oxygens (including phenoxy) is 2. The van der Waals surface area contributed by atoms with Crippen molar-refractivity contribution in [2.24, 2.45) is 4.99 Å². The SMILES string of the molecule is CC(=O)O.CC(=O)O.C[P@@](c1nc2ccccc2nc1[P@](C)C(C)(C)C)C(C)(C)C.Fc1cc(Cl)cc2c1-c1cc3cc(Cl)ccc3n1C(c1cnc(C3CC3)s1)O2.Fc1cc(Cl)cc2c1C(Cc1cc(Cl)ccc1Br)=NC(c1cnc(C3CC3)s1)O2.O=[PH]=O.S.[K].[K].[K].[O]=[Pd]=[O]. The Morgan fingerprint density at radius 1 is 0.680 bits per heavy atom. The molecule has 2 aliphatic heterocycles. The van der Waals surface area contributed by atoms with Gasteiger partial charge in [-0.2, -0.15) is 13.5 Å². The van der Waals surface area contributed by atoms with E-state index in [0.717, 1.165) is 71.3 Å². The van der Waals surface area contributed by atoms with Gasteiger partial charge in [0.1, 0.15) is 23.1 Å². The van der Waals surface area contributed by atoms with Gasteiger partial charge in [0.05, 0.1) is 69.7 Å². The third-order valence-electron chi connectivity index (χ3n) is 14.3. The van der Waals surface area contributed by atoms with E-state index in [1.165, 1.54) is 48.7 Å². The first-order chi connectivity index (χ1) is 43.9.